The van der Waals surface area contributed by atoms with E-state index >= 15 is 0 Å². The molecule has 1 unspecified atom stereocenters. The minimum atomic E-state index is 0.285. The predicted octanol–water partition coefficient (Wildman–Crippen LogP) is 5.56. The van der Waals surface area contributed by atoms with Gasteiger partial charge in [-0.1, -0.05) is 55.8 Å². The summed E-state index contributed by atoms with van der Waals surface area (Å²) in [5.74, 6) is 0. The van der Waals surface area contributed by atoms with Gasteiger partial charge in [0.2, 0.25) is 0 Å². The van der Waals surface area contributed by atoms with Gasteiger partial charge in [0.15, 0.2) is 0 Å². The maximum Gasteiger partial charge on any atom is 0.0551 e. The second-order valence-corrected chi connectivity index (χ2v) is 6.42. The van der Waals surface area contributed by atoms with Crippen LogP contribution in [0.5, 0.6) is 0 Å². The summed E-state index contributed by atoms with van der Waals surface area (Å²) in [4.78, 5) is 0. The Morgan fingerprint density at radius 1 is 1.05 bits per heavy atom. The highest BCUT2D eigenvalue weighted by Crippen LogP contribution is 2.27. The molecular weight excluding hydrogens is 346 g/mol. The van der Waals surface area contributed by atoms with Gasteiger partial charge in [-0.05, 0) is 64.1 Å². The lowest BCUT2D eigenvalue weighted by atomic mass is 9.98. The zero-order valence-corrected chi connectivity index (χ0v) is 14.8. The number of nitrogens with one attached hydrogen (secondary N) is 1. The fraction of sp³-hybridized carbons (Fsp3) is 0.333. The molecule has 21 heavy (non-hydrogen) atoms. The number of aryl methyl sites for hydroxylation is 1. The summed E-state index contributed by atoms with van der Waals surface area (Å²) in [5, 5.41) is 4.31. The van der Waals surface area contributed by atoms with E-state index in [0.29, 0.717) is 0 Å². The van der Waals surface area contributed by atoms with Gasteiger partial charge in [0, 0.05) is 10.5 Å². The van der Waals surface area contributed by atoms with E-state index < -0.39 is 0 Å². The van der Waals surface area contributed by atoms with E-state index in [1.807, 2.05) is 12.1 Å². The Hall–Kier alpha value is -0.830. The fourth-order valence-corrected chi connectivity index (χ4v) is 2.87. The topological polar surface area (TPSA) is 12.0 Å². The number of hydrogen-bond acceptors (Lipinski definition) is 1. The second-order valence-electron chi connectivity index (χ2n) is 5.16. The van der Waals surface area contributed by atoms with Gasteiger partial charge in [-0.3, -0.25) is 0 Å². The number of benzene rings is 2. The lowest BCUT2D eigenvalue weighted by Crippen LogP contribution is -2.23. The van der Waals surface area contributed by atoms with Crippen LogP contribution in [-0.4, -0.2) is 6.54 Å². The molecule has 0 radical (unpaired) electrons. The number of rotatable bonds is 6. The molecule has 0 saturated heterocycles. The van der Waals surface area contributed by atoms with Crippen LogP contribution in [0.4, 0.5) is 0 Å². The van der Waals surface area contributed by atoms with Crippen molar-refractivity contribution in [2.24, 2.45) is 0 Å². The highest BCUT2D eigenvalue weighted by atomic mass is 79.9. The molecule has 2 aromatic carbocycles. The molecule has 0 aliphatic heterocycles. The lowest BCUT2D eigenvalue weighted by Gasteiger charge is -2.19. The van der Waals surface area contributed by atoms with Crippen molar-refractivity contribution in [3.8, 4) is 0 Å². The van der Waals surface area contributed by atoms with Gasteiger partial charge in [-0.2, -0.15) is 0 Å². The van der Waals surface area contributed by atoms with Crippen LogP contribution in [0.25, 0.3) is 0 Å². The third kappa shape index (κ3) is 4.57. The minimum Gasteiger partial charge on any atom is -0.310 e. The van der Waals surface area contributed by atoms with Crippen molar-refractivity contribution in [2.75, 3.05) is 6.54 Å². The maximum absolute atomic E-state index is 6.23. The molecule has 1 nitrogen and oxygen atoms in total. The summed E-state index contributed by atoms with van der Waals surface area (Å²) >= 11 is 9.67. The van der Waals surface area contributed by atoms with Gasteiger partial charge in [-0.15, -0.1) is 0 Å². The summed E-state index contributed by atoms with van der Waals surface area (Å²) < 4.78 is 0.940. The average Bonchev–Trinajstić information content (AvgIpc) is 2.50. The van der Waals surface area contributed by atoms with E-state index in [-0.39, 0.29) is 6.04 Å². The summed E-state index contributed by atoms with van der Waals surface area (Å²) in [6.45, 7) is 5.25. The molecule has 0 aliphatic carbocycles. The Balaban J connectivity index is 2.19. The normalized spacial score (nSPS) is 12.4. The summed E-state index contributed by atoms with van der Waals surface area (Å²) in [6, 6.07) is 15.4. The molecule has 0 spiro atoms. The molecule has 1 N–H and O–H groups in total. The Morgan fingerprint density at radius 3 is 2.29 bits per heavy atom. The summed E-state index contributed by atoms with van der Waals surface area (Å²) in [6.07, 6.45) is 2.05. The first-order chi connectivity index (χ1) is 10.1. The van der Waals surface area contributed by atoms with E-state index in [2.05, 4.69) is 65.4 Å². The van der Waals surface area contributed by atoms with Crippen LogP contribution in [-0.2, 0) is 12.8 Å². The highest BCUT2D eigenvalue weighted by Gasteiger charge is 2.12. The molecule has 112 valence electrons. The van der Waals surface area contributed by atoms with Gasteiger partial charge in [0.25, 0.3) is 0 Å². The molecule has 2 rings (SSSR count). The van der Waals surface area contributed by atoms with Gasteiger partial charge < -0.3 is 5.32 Å². The van der Waals surface area contributed by atoms with Crippen molar-refractivity contribution < 1.29 is 0 Å². The number of likely N-dealkylation sites (N-methyl/N-ethyl adjacent to an activating group) is 1. The van der Waals surface area contributed by atoms with Crippen LogP contribution >= 0.6 is 27.5 Å². The molecule has 0 aromatic heterocycles. The predicted molar refractivity (Wildman–Crippen MR) is 95.1 cm³/mol. The van der Waals surface area contributed by atoms with Crippen molar-refractivity contribution in [2.45, 2.75) is 32.7 Å². The molecule has 0 fully saturated rings. The number of hydrogen-bond donors (Lipinski definition) is 1. The van der Waals surface area contributed by atoms with E-state index in [9.17, 15) is 0 Å². The smallest absolute Gasteiger partial charge is 0.0551 e. The Kier molecular flexibility index (Phi) is 6.28. The van der Waals surface area contributed by atoms with E-state index in [1.165, 1.54) is 16.7 Å². The third-order valence-corrected chi connectivity index (χ3v) is 4.90. The van der Waals surface area contributed by atoms with Gasteiger partial charge >= 0.3 is 0 Å². The van der Waals surface area contributed by atoms with Gasteiger partial charge in [0.05, 0.1) is 5.02 Å². The quantitative estimate of drug-likeness (QED) is 0.706. The SMILES string of the molecule is CCNC(Cc1ccc(CC)cc1)c1ccc(Br)c(Cl)c1. The van der Waals surface area contributed by atoms with Crippen LogP contribution < -0.4 is 5.32 Å². The maximum atomic E-state index is 6.23. The van der Waals surface area contributed by atoms with Crippen LogP contribution in [0, 0.1) is 0 Å². The molecule has 0 heterocycles. The largest absolute Gasteiger partial charge is 0.310 e. The fourth-order valence-electron chi connectivity index (χ4n) is 2.43. The minimum absolute atomic E-state index is 0.285. The molecule has 0 aliphatic rings. The van der Waals surface area contributed by atoms with Crippen LogP contribution in [0.1, 0.15) is 36.6 Å². The monoisotopic (exact) mass is 365 g/mol. The highest BCUT2D eigenvalue weighted by molar-refractivity contribution is 9.10. The van der Waals surface area contributed by atoms with E-state index in [1.54, 1.807) is 0 Å². The molecule has 2 aromatic rings. The zero-order valence-electron chi connectivity index (χ0n) is 12.5. The standard InChI is InChI=1S/C18H21BrClN/c1-3-13-5-7-14(8-6-13)11-18(21-4-2)15-9-10-16(19)17(20)12-15/h5-10,12,18,21H,3-4,11H2,1-2H3. The number of halogens is 2. The van der Waals surface area contributed by atoms with Crippen molar-refractivity contribution >= 4 is 27.5 Å². The first kappa shape index (κ1) is 16.5. The van der Waals surface area contributed by atoms with Crippen molar-refractivity contribution in [3.63, 3.8) is 0 Å². The Bertz CT molecular complexity index is 580. The van der Waals surface area contributed by atoms with Crippen LogP contribution in [0.2, 0.25) is 5.02 Å². The molecule has 0 saturated carbocycles. The first-order valence-corrected chi connectivity index (χ1v) is 8.57. The van der Waals surface area contributed by atoms with Crippen LogP contribution in [0.15, 0.2) is 46.9 Å². The van der Waals surface area contributed by atoms with Gasteiger partial charge in [-0.25, -0.2) is 0 Å². The molecule has 0 amide bonds. The van der Waals surface area contributed by atoms with Crippen molar-refractivity contribution in [1.82, 2.24) is 5.32 Å². The van der Waals surface area contributed by atoms with Crippen molar-refractivity contribution in [3.05, 3.63) is 68.7 Å². The first-order valence-electron chi connectivity index (χ1n) is 7.40. The summed E-state index contributed by atoms with van der Waals surface area (Å²) in [5.41, 5.74) is 3.95. The van der Waals surface area contributed by atoms with E-state index in [4.69, 9.17) is 11.6 Å². The van der Waals surface area contributed by atoms with Crippen LogP contribution in [0.3, 0.4) is 0 Å². The third-order valence-electron chi connectivity index (χ3n) is 3.67. The second kappa shape index (κ2) is 7.98. The molecule has 0 bridgehead atoms. The summed E-state index contributed by atoms with van der Waals surface area (Å²) in [7, 11) is 0. The Morgan fingerprint density at radius 2 is 1.71 bits per heavy atom. The average molecular weight is 367 g/mol. The molecular formula is C18H21BrClN. The van der Waals surface area contributed by atoms with Gasteiger partial charge in [0.1, 0.15) is 0 Å². The zero-order chi connectivity index (χ0) is 15.2. The van der Waals surface area contributed by atoms with Crippen molar-refractivity contribution in [1.29, 1.82) is 0 Å². The van der Waals surface area contributed by atoms with E-state index in [0.717, 1.165) is 28.9 Å². The molecule has 1 atom stereocenters. The lowest BCUT2D eigenvalue weighted by molar-refractivity contribution is 0.550. The Labute approximate surface area is 140 Å². The molecule has 3 heteroatoms.